The van der Waals surface area contributed by atoms with Gasteiger partial charge in [0.05, 0.1) is 6.61 Å². The topological polar surface area (TPSA) is 61.8 Å². The van der Waals surface area contributed by atoms with Gasteiger partial charge in [-0.1, -0.05) is 243 Å². The van der Waals surface area contributed by atoms with Crippen molar-refractivity contribution < 1.29 is 23.8 Å². The molecule has 0 radical (unpaired) electrons. The van der Waals surface area contributed by atoms with Crippen molar-refractivity contribution in [1.29, 1.82) is 0 Å². The van der Waals surface area contributed by atoms with E-state index in [4.69, 9.17) is 14.2 Å². The van der Waals surface area contributed by atoms with Crippen molar-refractivity contribution in [2.24, 2.45) is 0 Å². The van der Waals surface area contributed by atoms with Crippen molar-refractivity contribution in [3.05, 3.63) is 36.5 Å². The molecule has 0 aromatic carbocycles. The number of ether oxygens (including phenoxy) is 3. The number of esters is 2. The van der Waals surface area contributed by atoms with E-state index in [2.05, 4.69) is 57.2 Å². The van der Waals surface area contributed by atoms with Crippen LogP contribution in [0.1, 0.15) is 316 Å². The molecule has 0 fully saturated rings. The second-order valence-corrected chi connectivity index (χ2v) is 19.9. The molecular formula is C61H114O5. The van der Waals surface area contributed by atoms with Gasteiger partial charge in [0.2, 0.25) is 0 Å². The molecule has 388 valence electrons. The van der Waals surface area contributed by atoms with Crippen LogP contribution >= 0.6 is 0 Å². The third-order valence-corrected chi connectivity index (χ3v) is 13.1. The Labute approximate surface area is 412 Å². The molecule has 66 heavy (non-hydrogen) atoms. The Morgan fingerprint density at radius 1 is 0.318 bits per heavy atom. The minimum absolute atomic E-state index is 0.0830. The van der Waals surface area contributed by atoms with Crippen LogP contribution in [0.4, 0.5) is 0 Å². The Hall–Kier alpha value is -1.88. The summed E-state index contributed by atoms with van der Waals surface area (Å²) in [6.45, 7) is 7.85. The monoisotopic (exact) mass is 927 g/mol. The minimum atomic E-state index is -0.541. The van der Waals surface area contributed by atoms with Crippen molar-refractivity contribution in [3.8, 4) is 0 Å². The largest absolute Gasteiger partial charge is 0.462 e. The van der Waals surface area contributed by atoms with E-state index in [1.165, 1.54) is 244 Å². The lowest BCUT2D eigenvalue weighted by Crippen LogP contribution is -2.30. The highest BCUT2D eigenvalue weighted by Crippen LogP contribution is 2.15. The second-order valence-electron chi connectivity index (χ2n) is 19.9. The van der Waals surface area contributed by atoms with E-state index in [9.17, 15) is 9.59 Å². The molecular weight excluding hydrogens is 813 g/mol. The lowest BCUT2D eigenvalue weighted by Gasteiger charge is -2.18. The zero-order chi connectivity index (χ0) is 47.7. The molecule has 0 aliphatic carbocycles. The molecule has 1 atom stereocenters. The van der Waals surface area contributed by atoms with E-state index in [1.807, 2.05) is 0 Å². The molecule has 5 nitrogen and oxygen atoms in total. The fourth-order valence-electron chi connectivity index (χ4n) is 8.67. The summed E-state index contributed by atoms with van der Waals surface area (Å²) in [5, 5.41) is 0. The van der Waals surface area contributed by atoms with Crippen LogP contribution in [-0.4, -0.2) is 37.9 Å². The zero-order valence-corrected chi connectivity index (χ0v) is 44.7. The number of rotatable bonds is 55. The van der Waals surface area contributed by atoms with Crippen LogP contribution in [0.3, 0.4) is 0 Å². The highest BCUT2D eigenvalue weighted by molar-refractivity contribution is 5.70. The van der Waals surface area contributed by atoms with Crippen molar-refractivity contribution in [3.63, 3.8) is 0 Å². The van der Waals surface area contributed by atoms with E-state index in [-0.39, 0.29) is 25.2 Å². The number of carbonyl (C=O) groups is 2. The Morgan fingerprint density at radius 2 is 0.591 bits per heavy atom. The van der Waals surface area contributed by atoms with Crippen LogP contribution in [0.25, 0.3) is 0 Å². The molecule has 0 aliphatic rings. The van der Waals surface area contributed by atoms with E-state index < -0.39 is 6.10 Å². The molecule has 0 aliphatic heterocycles. The summed E-state index contributed by atoms with van der Waals surface area (Å²) >= 11 is 0. The molecule has 0 saturated carbocycles. The molecule has 0 saturated heterocycles. The van der Waals surface area contributed by atoms with Gasteiger partial charge >= 0.3 is 11.9 Å². The van der Waals surface area contributed by atoms with E-state index in [1.54, 1.807) is 0 Å². The maximum absolute atomic E-state index is 12.9. The van der Waals surface area contributed by atoms with E-state index in [0.717, 1.165) is 38.5 Å². The van der Waals surface area contributed by atoms with Crippen LogP contribution in [-0.2, 0) is 23.8 Å². The van der Waals surface area contributed by atoms with E-state index >= 15 is 0 Å². The summed E-state index contributed by atoms with van der Waals surface area (Å²) in [5.74, 6) is -0.393. The van der Waals surface area contributed by atoms with Crippen molar-refractivity contribution in [2.45, 2.75) is 322 Å². The highest BCUT2D eigenvalue weighted by atomic mass is 16.6. The summed E-state index contributed by atoms with van der Waals surface area (Å²) in [6.07, 6.45) is 70.2. The van der Waals surface area contributed by atoms with E-state index in [0.29, 0.717) is 19.4 Å². The predicted octanol–water partition coefficient (Wildman–Crippen LogP) is 20.1. The van der Waals surface area contributed by atoms with Gasteiger partial charge in [-0.2, -0.15) is 0 Å². The number of allylic oxidation sites excluding steroid dienone is 6. The zero-order valence-electron chi connectivity index (χ0n) is 44.7. The van der Waals surface area contributed by atoms with Crippen LogP contribution in [0.15, 0.2) is 36.5 Å². The third kappa shape index (κ3) is 54.7. The number of unbranched alkanes of at least 4 members (excludes halogenated alkanes) is 38. The quantitative estimate of drug-likeness (QED) is 0.0345. The van der Waals surface area contributed by atoms with Gasteiger partial charge in [0.15, 0.2) is 6.10 Å². The van der Waals surface area contributed by atoms with Crippen LogP contribution < -0.4 is 0 Å². The molecule has 0 heterocycles. The highest BCUT2D eigenvalue weighted by Gasteiger charge is 2.17. The Morgan fingerprint density at radius 3 is 0.924 bits per heavy atom. The summed E-state index contributed by atoms with van der Waals surface area (Å²) in [6, 6.07) is 0. The van der Waals surface area contributed by atoms with Gasteiger partial charge in [0.25, 0.3) is 0 Å². The van der Waals surface area contributed by atoms with Gasteiger partial charge in [0, 0.05) is 19.4 Å². The van der Waals surface area contributed by atoms with Crippen LogP contribution in [0, 0.1) is 0 Å². The number of carbonyl (C=O) groups excluding carboxylic acids is 2. The first-order valence-electron chi connectivity index (χ1n) is 29.5. The average Bonchev–Trinajstić information content (AvgIpc) is 3.32. The Balaban J connectivity index is 4.26. The molecule has 0 amide bonds. The first-order chi connectivity index (χ1) is 32.6. The SMILES string of the molecule is CCCCCCCC/C=C\CCCCCCCCCC(=O)OCC(COCCCCCCCC/C=C\CCCCCCCC)OC(=O)CCCCCCCCC/C=C\CCCCCCCC. The molecule has 0 aromatic heterocycles. The standard InChI is InChI=1S/C61H114O5/c1-4-7-10-13-16-19-22-25-28-31-33-36-39-42-45-48-51-54-60(62)65-58-59(57-64-56-53-50-47-44-41-38-35-30-27-24-21-18-15-12-9-6-3)66-61(63)55-52-49-46-43-40-37-34-32-29-26-23-20-17-14-11-8-5-2/h25-30,59H,4-24,31-58H2,1-3H3/b28-25-,29-26-,30-27-. The smallest absolute Gasteiger partial charge is 0.306 e. The molecule has 0 spiro atoms. The molecule has 0 N–H and O–H groups in total. The third-order valence-electron chi connectivity index (χ3n) is 13.1. The summed E-state index contributed by atoms with van der Waals surface area (Å²) in [7, 11) is 0. The van der Waals surface area contributed by atoms with Crippen LogP contribution in [0.2, 0.25) is 0 Å². The first-order valence-corrected chi connectivity index (χ1v) is 29.5. The lowest BCUT2D eigenvalue weighted by atomic mass is 10.1. The normalized spacial score (nSPS) is 12.3. The number of hydrogen-bond donors (Lipinski definition) is 0. The van der Waals surface area contributed by atoms with Gasteiger partial charge in [-0.25, -0.2) is 0 Å². The maximum Gasteiger partial charge on any atom is 0.306 e. The second kappa shape index (κ2) is 57.4. The summed E-state index contributed by atoms with van der Waals surface area (Å²) < 4.78 is 17.5. The Kier molecular flexibility index (Phi) is 55.8. The molecule has 5 heteroatoms. The first kappa shape index (κ1) is 64.1. The number of hydrogen-bond acceptors (Lipinski definition) is 5. The summed E-state index contributed by atoms with van der Waals surface area (Å²) in [4.78, 5) is 25.5. The fraction of sp³-hybridized carbons (Fsp3) is 0.869. The van der Waals surface area contributed by atoms with Gasteiger partial charge in [-0.05, 0) is 96.3 Å². The molecule has 0 rings (SSSR count). The molecule has 1 unspecified atom stereocenters. The minimum Gasteiger partial charge on any atom is -0.462 e. The van der Waals surface area contributed by atoms with Gasteiger partial charge in [-0.15, -0.1) is 0 Å². The predicted molar refractivity (Wildman–Crippen MR) is 288 cm³/mol. The Bertz CT molecular complexity index is 1050. The maximum atomic E-state index is 12.9. The van der Waals surface area contributed by atoms with Gasteiger partial charge in [0.1, 0.15) is 6.61 Å². The summed E-state index contributed by atoms with van der Waals surface area (Å²) in [5.41, 5.74) is 0. The van der Waals surface area contributed by atoms with Gasteiger partial charge in [-0.3, -0.25) is 9.59 Å². The van der Waals surface area contributed by atoms with Crippen molar-refractivity contribution in [1.82, 2.24) is 0 Å². The van der Waals surface area contributed by atoms with Gasteiger partial charge < -0.3 is 14.2 Å². The van der Waals surface area contributed by atoms with Crippen molar-refractivity contribution in [2.75, 3.05) is 19.8 Å². The van der Waals surface area contributed by atoms with Crippen molar-refractivity contribution >= 4 is 11.9 Å². The molecule has 0 aromatic rings. The molecule has 0 bridgehead atoms. The fourth-order valence-corrected chi connectivity index (χ4v) is 8.67. The lowest BCUT2D eigenvalue weighted by molar-refractivity contribution is -0.163. The van der Waals surface area contributed by atoms with Crippen LogP contribution in [0.5, 0.6) is 0 Å². The average molecular weight is 928 g/mol.